The smallest absolute Gasteiger partial charge is 0.254 e. The standard InChI is InChI=1S/C22H35N3O3S2/c1-3-24(4-2)30(27,28)21-11-9-19(10-12-21)22(26)25-15-8-16-29-18-20(25)17-23-13-6-5-7-14-23/h9-12,20H,3-8,13-18H2,1-2H3. The first-order chi connectivity index (χ1) is 14.5. The Bertz CT molecular complexity index is 788. The lowest BCUT2D eigenvalue weighted by molar-refractivity contribution is 0.0645. The second-order valence-electron chi connectivity index (χ2n) is 8.06. The largest absolute Gasteiger partial charge is 0.334 e. The summed E-state index contributed by atoms with van der Waals surface area (Å²) in [6.45, 7) is 8.49. The summed E-state index contributed by atoms with van der Waals surface area (Å²) < 4.78 is 26.9. The molecule has 0 aliphatic carbocycles. The van der Waals surface area contributed by atoms with Crippen molar-refractivity contribution >= 4 is 27.7 Å². The van der Waals surface area contributed by atoms with Crippen molar-refractivity contribution in [1.29, 1.82) is 0 Å². The van der Waals surface area contributed by atoms with Gasteiger partial charge in [-0.2, -0.15) is 16.1 Å². The quantitative estimate of drug-likeness (QED) is 0.635. The number of piperidine rings is 1. The van der Waals surface area contributed by atoms with Crippen molar-refractivity contribution in [1.82, 2.24) is 14.1 Å². The zero-order valence-electron chi connectivity index (χ0n) is 18.3. The van der Waals surface area contributed by atoms with Crippen LogP contribution in [-0.2, 0) is 10.0 Å². The van der Waals surface area contributed by atoms with Gasteiger partial charge in [0, 0.05) is 37.5 Å². The lowest BCUT2D eigenvalue weighted by Gasteiger charge is -2.35. The molecule has 30 heavy (non-hydrogen) atoms. The summed E-state index contributed by atoms with van der Waals surface area (Å²) in [4.78, 5) is 18.1. The van der Waals surface area contributed by atoms with E-state index in [9.17, 15) is 13.2 Å². The van der Waals surface area contributed by atoms with Crippen LogP contribution in [0, 0.1) is 0 Å². The van der Waals surface area contributed by atoms with Crippen molar-refractivity contribution in [2.24, 2.45) is 0 Å². The van der Waals surface area contributed by atoms with Crippen LogP contribution in [0.3, 0.4) is 0 Å². The van der Waals surface area contributed by atoms with E-state index in [1.165, 1.54) is 23.6 Å². The van der Waals surface area contributed by atoms with Crippen molar-refractivity contribution in [2.75, 3.05) is 50.8 Å². The van der Waals surface area contributed by atoms with Crippen molar-refractivity contribution in [3.63, 3.8) is 0 Å². The molecule has 3 rings (SSSR count). The van der Waals surface area contributed by atoms with Crippen LogP contribution in [0.15, 0.2) is 29.2 Å². The molecule has 8 heteroatoms. The first kappa shape index (κ1) is 23.6. The predicted octanol–water partition coefficient (Wildman–Crippen LogP) is 3.15. The van der Waals surface area contributed by atoms with Gasteiger partial charge >= 0.3 is 0 Å². The van der Waals surface area contributed by atoms with E-state index in [0.29, 0.717) is 18.7 Å². The van der Waals surface area contributed by atoms with Gasteiger partial charge in [0.2, 0.25) is 10.0 Å². The Morgan fingerprint density at radius 2 is 1.70 bits per heavy atom. The number of rotatable bonds is 7. The van der Waals surface area contributed by atoms with Gasteiger partial charge in [0.1, 0.15) is 0 Å². The van der Waals surface area contributed by atoms with Crippen LogP contribution in [0.4, 0.5) is 0 Å². The molecule has 2 fully saturated rings. The van der Waals surface area contributed by atoms with Gasteiger partial charge in [-0.05, 0) is 62.4 Å². The van der Waals surface area contributed by atoms with E-state index in [1.54, 1.807) is 24.3 Å². The van der Waals surface area contributed by atoms with Crippen molar-refractivity contribution in [3.05, 3.63) is 29.8 Å². The third kappa shape index (κ3) is 5.58. The topological polar surface area (TPSA) is 60.9 Å². The maximum absolute atomic E-state index is 13.4. The normalized spacial score (nSPS) is 21.6. The maximum Gasteiger partial charge on any atom is 0.254 e. The minimum atomic E-state index is -3.51. The highest BCUT2D eigenvalue weighted by Gasteiger charge is 2.29. The molecule has 1 amide bonds. The van der Waals surface area contributed by atoms with E-state index >= 15 is 0 Å². The molecule has 168 valence electrons. The highest BCUT2D eigenvalue weighted by Crippen LogP contribution is 2.22. The number of likely N-dealkylation sites (tertiary alicyclic amines) is 1. The fourth-order valence-electron chi connectivity index (χ4n) is 4.34. The van der Waals surface area contributed by atoms with Crippen LogP contribution in [0.25, 0.3) is 0 Å². The summed E-state index contributed by atoms with van der Waals surface area (Å²) in [6, 6.07) is 6.71. The Morgan fingerprint density at radius 3 is 2.33 bits per heavy atom. The number of sulfonamides is 1. The highest BCUT2D eigenvalue weighted by atomic mass is 32.2. The number of hydrogen-bond donors (Lipinski definition) is 0. The van der Waals surface area contributed by atoms with Gasteiger partial charge in [-0.3, -0.25) is 4.79 Å². The molecule has 2 aliphatic rings. The lowest BCUT2D eigenvalue weighted by Crippen LogP contribution is -2.49. The zero-order valence-corrected chi connectivity index (χ0v) is 19.9. The minimum absolute atomic E-state index is 0.0197. The van der Waals surface area contributed by atoms with Crippen LogP contribution in [0.5, 0.6) is 0 Å². The third-order valence-electron chi connectivity index (χ3n) is 6.06. The van der Waals surface area contributed by atoms with Crippen LogP contribution in [-0.4, -0.2) is 85.2 Å². The van der Waals surface area contributed by atoms with Crippen molar-refractivity contribution in [3.8, 4) is 0 Å². The molecule has 0 aromatic heterocycles. The fourth-order valence-corrected chi connectivity index (χ4v) is 6.85. The summed E-state index contributed by atoms with van der Waals surface area (Å²) in [5.74, 6) is 2.07. The van der Waals surface area contributed by atoms with Gasteiger partial charge in [-0.15, -0.1) is 0 Å². The van der Waals surface area contributed by atoms with Crippen LogP contribution >= 0.6 is 11.8 Å². The molecule has 1 atom stereocenters. The zero-order chi connectivity index (χ0) is 21.6. The van der Waals surface area contributed by atoms with Gasteiger partial charge in [0.05, 0.1) is 10.9 Å². The van der Waals surface area contributed by atoms with Crippen LogP contribution in [0.2, 0.25) is 0 Å². The van der Waals surface area contributed by atoms with E-state index < -0.39 is 10.0 Å². The third-order valence-corrected chi connectivity index (χ3v) is 9.32. The summed E-state index contributed by atoms with van der Waals surface area (Å²) in [5, 5.41) is 0. The van der Waals surface area contributed by atoms with E-state index in [0.717, 1.165) is 44.1 Å². The Labute approximate surface area is 186 Å². The molecule has 0 spiro atoms. The van der Waals surface area contributed by atoms with Gasteiger partial charge in [0.15, 0.2) is 0 Å². The predicted molar refractivity (Wildman–Crippen MR) is 124 cm³/mol. The molecule has 1 aromatic carbocycles. The molecule has 2 saturated heterocycles. The summed E-state index contributed by atoms with van der Waals surface area (Å²) in [6.07, 6.45) is 4.80. The number of carbonyl (C=O) groups is 1. The molecule has 2 aliphatic heterocycles. The highest BCUT2D eigenvalue weighted by molar-refractivity contribution is 7.99. The molecule has 0 saturated carbocycles. The van der Waals surface area contributed by atoms with E-state index in [-0.39, 0.29) is 16.8 Å². The second-order valence-corrected chi connectivity index (χ2v) is 11.1. The number of nitrogens with zero attached hydrogens (tertiary/aromatic N) is 3. The lowest BCUT2D eigenvalue weighted by atomic mass is 10.1. The molecule has 0 bridgehead atoms. The average molecular weight is 454 g/mol. The number of thioether (sulfide) groups is 1. The average Bonchev–Trinajstić information content (AvgIpc) is 3.00. The second kappa shape index (κ2) is 11.0. The number of hydrogen-bond acceptors (Lipinski definition) is 5. The van der Waals surface area contributed by atoms with Gasteiger partial charge in [0.25, 0.3) is 5.91 Å². The monoisotopic (exact) mass is 453 g/mol. The van der Waals surface area contributed by atoms with Gasteiger partial charge in [-0.25, -0.2) is 8.42 Å². The van der Waals surface area contributed by atoms with Crippen LogP contribution in [0.1, 0.15) is 49.9 Å². The van der Waals surface area contributed by atoms with E-state index in [1.807, 2.05) is 30.5 Å². The SMILES string of the molecule is CCN(CC)S(=O)(=O)c1ccc(C(=O)N2CCCSCC2CN2CCCCC2)cc1. The minimum Gasteiger partial charge on any atom is -0.334 e. The molecule has 0 N–H and O–H groups in total. The number of benzene rings is 1. The molecular formula is C22H35N3O3S2. The maximum atomic E-state index is 13.4. The molecule has 1 unspecified atom stereocenters. The molecule has 2 heterocycles. The Morgan fingerprint density at radius 1 is 1.03 bits per heavy atom. The van der Waals surface area contributed by atoms with E-state index in [2.05, 4.69) is 4.90 Å². The van der Waals surface area contributed by atoms with Gasteiger partial charge < -0.3 is 9.80 Å². The Hall–Kier alpha value is -1.09. The van der Waals surface area contributed by atoms with Crippen LogP contribution < -0.4 is 0 Å². The van der Waals surface area contributed by atoms with Crippen molar-refractivity contribution in [2.45, 2.75) is 50.5 Å². The molecule has 1 aromatic rings. The Kier molecular flexibility index (Phi) is 8.62. The fraction of sp³-hybridized carbons (Fsp3) is 0.682. The summed E-state index contributed by atoms with van der Waals surface area (Å²) in [5.41, 5.74) is 0.573. The summed E-state index contributed by atoms with van der Waals surface area (Å²) >= 11 is 1.94. The van der Waals surface area contributed by atoms with Crippen molar-refractivity contribution < 1.29 is 13.2 Å². The summed E-state index contributed by atoms with van der Waals surface area (Å²) in [7, 11) is -3.51. The molecular weight excluding hydrogens is 418 g/mol. The Balaban J connectivity index is 1.75. The van der Waals surface area contributed by atoms with Gasteiger partial charge in [-0.1, -0.05) is 20.3 Å². The number of carbonyl (C=O) groups excluding carboxylic acids is 1. The molecule has 0 radical (unpaired) electrons. The van der Waals surface area contributed by atoms with E-state index in [4.69, 9.17) is 0 Å². The molecule has 6 nitrogen and oxygen atoms in total. The first-order valence-electron chi connectivity index (χ1n) is 11.2. The number of amides is 1. The first-order valence-corrected chi connectivity index (χ1v) is 13.8.